The quantitative estimate of drug-likeness (QED) is 0.899. The van der Waals surface area contributed by atoms with E-state index in [-0.39, 0.29) is 18.3 Å². The number of amides is 1. The minimum absolute atomic E-state index is 0. The van der Waals surface area contributed by atoms with Crippen LogP contribution in [0.3, 0.4) is 0 Å². The lowest BCUT2D eigenvalue weighted by Gasteiger charge is -2.27. The van der Waals surface area contributed by atoms with Crippen molar-refractivity contribution in [2.45, 2.75) is 0 Å². The summed E-state index contributed by atoms with van der Waals surface area (Å²) in [6.07, 6.45) is 0. The standard InChI is InChI=1S/C11H12Cl2N2O.ClH/c12-8-1-2-10(13)9(3-8)11(16)15-6-7-4-14-5-7;/h1-3,7,14H,4-6H2,(H,15,16);1H. The first-order valence-corrected chi connectivity index (χ1v) is 5.86. The summed E-state index contributed by atoms with van der Waals surface area (Å²) in [6, 6.07) is 4.87. The summed E-state index contributed by atoms with van der Waals surface area (Å²) in [4.78, 5) is 11.8. The fourth-order valence-corrected chi connectivity index (χ4v) is 1.87. The lowest BCUT2D eigenvalue weighted by atomic mass is 10.0. The topological polar surface area (TPSA) is 41.1 Å². The van der Waals surface area contributed by atoms with Gasteiger partial charge in [-0.1, -0.05) is 23.2 Å². The van der Waals surface area contributed by atoms with E-state index in [4.69, 9.17) is 23.2 Å². The number of benzene rings is 1. The van der Waals surface area contributed by atoms with Crippen LogP contribution in [0.4, 0.5) is 0 Å². The number of carbonyl (C=O) groups excluding carboxylic acids is 1. The molecule has 0 bridgehead atoms. The van der Waals surface area contributed by atoms with E-state index in [2.05, 4.69) is 10.6 Å². The summed E-state index contributed by atoms with van der Waals surface area (Å²) in [6.45, 7) is 2.60. The molecule has 1 aromatic rings. The zero-order valence-corrected chi connectivity index (χ0v) is 11.3. The number of hydrogen-bond acceptors (Lipinski definition) is 2. The van der Waals surface area contributed by atoms with Crippen molar-refractivity contribution in [1.29, 1.82) is 0 Å². The van der Waals surface area contributed by atoms with Crippen LogP contribution < -0.4 is 10.6 Å². The van der Waals surface area contributed by atoms with E-state index in [1.807, 2.05) is 0 Å². The van der Waals surface area contributed by atoms with E-state index in [1.165, 1.54) is 0 Å². The Morgan fingerprint density at radius 1 is 1.41 bits per heavy atom. The van der Waals surface area contributed by atoms with Gasteiger partial charge in [-0.05, 0) is 18.2 Å². The van der Waals surface area contributed by atoms with Crippen LogP contribution in [0, 0.1) is 5.92 Å². The lowest BCUT2D eigenvalue weighted by Crippen LogP contribution is -2.48. The minimum Gasteiger partial charge on any atom is -0.352 e. The maximum atomic E-state index is 11.8. The highest BCUT2D eigenvalue weighted by Crippen LogP contribution is 2.20. The van der Waals surface area contributed by atoms with Gasteiger partial charge in [0, 0.05) is 30.6 Å². The van der Waals surface area contributed by atoms with Gasteiger partial charge in [0.15, 0.2) is 0 Å². The van der Waals surface area contributed by atoms with Crippen molar-refractivity contribution in [2.75, 3.05) is 19.6 Å². The molecule has 6 heteroatoms. The second kappa shape index (κ2) is 6.45. The van der Waals surface area contributed by atoms with Crippen molar-refractivity contribution in [2.24, 2.45) is 5.92 Å². The van der Waals surface area contributed by atoms with Gasteiger partial charge in [0.2, 0.25) is 0 Å². The first-order valence-electron chi connectivity index (χ1n) is 5.11. The van der Waals surface area contributed by atoms with Crippen molar-refractivity contribution in [1.82, 2.24) is 10.6 Å². The molecular weight excluding hydrogens is 282 g/mol. The molecule has 0 aromatic heterocycles. The van der Waals surface area contributed by atoms with Crippen molar-refractivity contribution in [3.63, 3.8) is 0 Å². The average Bonchev–Trinajstić information content (AvgIpc) is 2.19. The Labute approximate surface area is 116 Å². The molecule has 0 unspecified atom stereocenters. The van der Waals surface area contributed by atoms with Crippen molar-refractivity contribution in [3.8, 4) is 0 Å². The van der Waals surface area contributed by atoms with Crippen LogP contribution in [0.25, 0.3) is 0 Å². The summed E-state index contributed by atoms with van der Waals surface area (Å²) in [5.74, 6) is 0.362. The number of hydrogen-bond donors (Lipinski definition) is 2. The molecule has 0 saturated carbocycles. The van der Waals surface area contributed by atoms with Crippen LogP contribution in [-0.4, -0.2) is 25.5 Å². The Balaban J connectivity index is 0.00000144. The molecule has 1 aliphatic heterocycles. The van der Waals surface area contributed by atoms with Gasteiger partial charge in [-0.2, -0.15) is 0 Å². The molecule has 1 aromatic carbocycles. The first-order chi connectivity index (χ1) is 7.66. The van der Waals surface area contributed by atoms with Gasteiger partial charge in [0.25, 0.3) is 5.91 Å². The van der Waals surface area contributed by atoms with Crippen molar-refractivity contribution >= 4 is 41.5 Å². The third kappa shape index (κ3) is 3.75. The Morgan fingerprint density at radius 3 is 2.71 bits per heavy atom. The predicted molar refractivity (Wildman–Crippen MR) is 72.4 cm³/mol. The van der Waals surface area contributed by atoms with Crippen LogP contribution in [0.1, 0.15) is 10.4 Å². The number of nitrogens with one attached hydrogen (secondary N) is 2. The predicted octanol–water partition coefficient (Wildman–Crippen LogP) is 2.36. The van der Waals surface area contributed by atoms with E-state index in [0.717, 1.165) is 13.1 Å². The Hall–Kier alpha value is -0.480. The maximum absolute atomic E-state index is 11.8. The zero-order valence-electron chi connectivity index (χ0n) is 9.00. The highest BCUT2D eigenvalue weighted by molar-refractivity contribution is 6.35. The second-order valence-electron chi connectivity index (χ2n) is 3.86. The molecular formula is C11H13Cl3N2O. The van der Waals surface area contributed by atoms with Crippen LogP contribution in [0.15, 0.2) is 18.2 Å². The molecule has 17 heavy (non-hydrogen) atoms. The summed E-state index contributed by atoms with van der Waals surface area (Å²) >= 11 is 11.7. The lowest BCUT2D eigenvalue weighted by molar-refractivity contribution is 0.0942. The Kier molecular flexibility index (Phi) is 5.53. The summed E-state index contributed by atoms with van der Waals surface area (Å²) in [5, 5.41) is 6.93. The molecule has 1 amide bonds. The van der Waals surface area contributed by atoms with Gasteiger partial charge in [0.05, 0.1) is 10.6 Å². The summed E-state index contributed by atoms with van der Waals surface area (Å²) in [7, 11) is 0. The van der Waals surface area contributed by atoms with Crippen LogP contribution in [0.2, 0.25) is 10.0 Å². The van der Waals surface area contributed by atoms with Crippen LogP contribution in [-0.2, 0) is 0 Å². The minimum atomic E-state index is -0.167. The van der Waals surface area contributed by atoms with E-state index in [0.29, 0.717) is 28.1 Å². The zero-order chi connectivity index (χ0) is 11.5. The SMILES string of the molecule is Cl.O=C(NCC1CNC1)c1cc(Cl)ccc1Cl. The van der Waals surface area contributed by atoms with Gasteiger partial charge >= 0.3 is 0 Å². The molecule has 0 atom stereocenters. The van der Waals surface area contributed by atoms with E-state index in [9.17, 15) is 4.79 Å². The highest BCUT2D eigenvalue weighted by Gasteiger charge is 2.18. The molecule has 0 spiro atoms. The van der Waals surface area contributed by atoms with Gasteiger partial charge in [-0.25, -0.2) is 0 Å². The normalized spacial score (nSPS) is 14.7. The first kappa shape index (κ1) is 14.6. The molecule has 94 valence electrons. The van der Waals surface area contributed by atoms with Crippen molar-refractivity contribution < 1.29 is 4.79 Å². The Morgan fingerprint density at radius 2 is 2.12 bits per heavy atom. The average molecular weight is 296 g/mol. The van der Waals surface area contributed by atoms with Gasteiger partial charge in [0.1, 0.15) is 0 Å². The highest BCUT2D eigenvalue weighted by atomic mass is 35.5. The third-order valence-corrected chi connectivity index (χ3v) is 3.16. The molecule has 2 N–H and O–H groups in total. The molecule has 1 fully saturated rings. The molecule has 0 aliphatic carbocycles. The van der Waals surface area contributed by atoms with Crippen molar-refractivity contribution in [3.05, 3.63) is 33.8 Å². The number of carbonyl (C=O) groups is 1. The number of halogens is 3. The summed E-state index contributed by atoms with van der Waals surface area (Å²) < 4.78 is 0. The molecule has 1 heterocycles. The number of rotatable bonds is 3. The second-order valence-corrected chi connectivity index (χ2v) is 4.70. The Bertz CT molecular complexity index is 408. The van der Waals surface area contributed by atoms with E-state index in [1.54, 1.807) is 18.2 Å². The largest absolute Gasteiger partial charge is 0.352 e. The molecule has 2 rings (SSSR count). The maximum Gasteiger partial charge on any atom is 0.252 e. The molecule has 1 aliphatic rings. The van der Waals surface area contributed by atoms with Gasteiger partial charge < -0.3 is 10.6 Å². The smallest absolute Gasteiger partial charge is 0.252 e. The fourth-order valence-electron chi connectivity index (χ4n) is 1.50. The summed E-state index contributed by atoms with van der Waals surface area (Å²) in [5.41, 5.74) is 0.432. The van der Waals surface area contributed by atoms with E-state index >= 15 is 0 Å². The van der Waals surface area contributed by atoms with Gasteiger partial charge in [-0.15, -0.1) is 12.4 Å². The molecule has 0 radical (unpaired) electrons. The fraction of sp³-hybridized carbons (Fsp3) is 0.364. The van der Waals surface area contributed by atoms with Crippen LogP contribution in [0.5, 0.6) is 0 Å². The monoisotopic (exact) mass is 294 g/mol. The van der Waals surface area contributed by atoms with E-state index < -0.39 is 0 Å². The molecule has 1 saturated heterocycles. The third-order valence-electron chi connectivity index (χ3n) is 2.59. The van der Waals surface area contributed by atoms with Gasteiger partial charge in [-0.3, -0.25) is 4.79 Å². The van der Waals surface area contributed by atoms with Crippen LogP contribution >= 0.6 is 35.6 Å². The molecule has 3 nitrogen and oxygen atoms in total.